The van der Waals surface area contributed by atoms with Gasteiger partial charge in [0.15, 0.2) is 11.0 Å². The third-order valence-electron chi connectivity index (χ3n) is 1.94. The first-order valence-corrected chi connectivity index (χ1v) is 5.59. The standard InChI is InChI=1S/C8H10ClN5S/c1-3-5-6(4-14(2)11-5)10-8-7(9)12-15-13-8/h4H,3H2,1-2H3,(H,10,13). The van der Waals surface area contributed by atoms with Crippen molar-refractivity contribution >= 4 is 34.8 Å². The predicted octanol–water partition coefficient (Wildman–Crippen LogP) is 2.23. The van der Waals surface area contributed by atoms with E-state index in [1.807, 2.05) is 13.2 Å². The van der Waals surface area contributed by atoms with Crippen molar-refractivity contribution in [2.75, 3.05) is 5.32 Å². The monoisotopic (exact) mass is 243 g/mol. The average molecular weight is 244 g/mol. The Hall–Kier alpha value is -1.14. The van der Waals surface area contributed by atoms with Gasteiger partial charge in [-0.25, -0.2) is 0 Å². The zero-order valence-electron chi connectivity index (χ0n) is 8.36. The Bertz CT molecular complexity index is 463. The summed E-state index contributed by atoms with van der Waals surface area (Å²) in [5.41, 5.74) is 1.91. The van der Waals surface area contributed by atoms with Crippen LogP contribution in [-0.4, -0.2) is 18.5 Å². The van der Waals surface area contributed by atoms with Crippen LogP contribution in [0.3, 0.4) is 0 Å². The second kappa shape index (κ2) is 4.16. The van der Waals surface area contributed by atoms with E-state index < -0.39 is 0 Å². The van der Waals surface area contributed by atoms with Gasteiger partial charge in [0.05, 0.1) is 23.1 Å². The van der Waals surface area contributed by atoms with Gasteiger partial charge < -0.3 is 5.32 Å². The van der Waals surface area contributed by atoms with Crippen molar-refractivity contribution in [2.45, 2.75) is 13.3 Å². The molecule has 0 atom stereocenters. The summed E-state index contributed by atoms with van der Waals surface area (Å²) in [6.07, 6.45) is 2.76. The summed E-state index contributed by atoms with van der Waals surface area (Å²) in [4.78, 5) is 0. The van der Waals surface area contributed by atoms with E-state index in [-0.39, 0.29) is 0 Å². The van der Waals surface area contributed by atoms with Gasteiger partial charge in [-0.1, -0.05) is 18.5 Å². The zero-order valence-corrected chi connectivity index (χ0v) is 9.93. The van der Waals surface area contributed by atoms with Crippen molar-refractivity contribution in [3.63, 3.8) is 0 Å². The first kappa shape index (κ1) is 10.4. The molecule has 80 valence electrons. The Morgan fingerprint density at radius 3 is 2.93 bits per heavy atom. The lowest BCUT2D eigenvalue weighted by Crippen LogP contribution is -1.93. The van der Waals surface area contributed by atoms with E-state index in [2.05, 4.69) is 26.1 Å². The molecule has 1 N–H and O–H groups in total. The van der Waals surface area contributed by atoms with Gasteiger partial charge in [-0.15, -0.1) is 0 Å². The fraction of sp³-hybridized carbons (Fsp3) is 0.375. The Balaban J connectivity index is 2.27. The summed E-state index contributed by atoms with van der Waals surface area (Å²) in [5.74, 6) is 0.587. The largest absolute Gasteiger partial charge is 0.334 e. The zero-order chi connectivity index (χ0) is 10.8. The van der Waals surface area contributed by atoms with Crippen molar-refractivity contribution in [1.29, 1.82) is 0 Å². The highest BCUT2D eigenvalue weighted by atomic mass is 35.5. The Labute approximate surface area is 96.4 Å². The van der Waals surface area contributed by atoms with Gasteiger partial charge in [0.2, 0.25) is 0 Å². The first-order valence-electron chi connectivity index (χ1n) is 4.48. The van der Waals surface area contributed by atoms with Crippen molar-refractivity contribution in [1.82, 2.24) is 18.5 Å². The molecule has 7 heteroatoms. The minimum Gasteiger partial charge on any atom is -0.334 e. The number of aryl methyl sites for hydroxylation is 2. The van der Waals surface area contributed by atoms with Gasteiger partial charge >= 0.3 is 0 Å². The van der Waals surface area contributed by atoms with Crippen LogP contribution in [0.1, 0.15) is 12.6 Å². The van der Waals surface area contributed by atoms with Crippen LogP contribution in [0.5, 0.6) is 0 Å². The van der Waals surface area contributed by atoms with Crippen LogP contribution in [0.2, 0.25) is 5.15 Å². The molecule has 0 aromatic carbocycles. The van der Waals surface area contributed by atoms with Crippen LogP contribution in [0.25, 0.3) is 0 Å². The van der Waals surface area contributed by atoms with Gasteiger partial charge in [0, 0.05) is 13.2 Å². The molecule has 2 heterocycles. The van der Waals surface area contributed by atoms with Crippen LogP contribution in [-0.2, 0) is 13.5 Å². The smallest absolute Gasteiger partial charge is 0.187 e. The molecule has 0 aliphatic carbocycles. The quantitative estimate of drug-likeness (QED) is 0.898. The van der Waals surface area contributed by atoms with Crippen LogP contribution in [0, 0.1) is 0 Å². The summed E-state index contributed by atoms with van der Waals surface area (Å²) in [6, 6.07) is 0. The summed E-state index contributed by atoms with van der Waals surface area (Å²) < 4.78 is 9.69. The molecule has 0 fully saturated rings. The minimum absolute atomic E-state index is 0.394. The number of anilines is 2. The second-order valence-corrected chi connectivity index (χ2v) is 3.93. The predicted molar refractivity (Wildman–Crippen MR) is 60.8 cm³/mol. The van der Waals surface area contributed by atoms with E-state index >= 15 is 0 Å². The number of aromatic nitrogens is 4. The molecule has 0 bridgehead atoms. The molecule has 15 heavy (non-hydrogen) atoms. The first-order chi connectivity index (χ1) is 7.20. The molecule has 2 aromatic heterocycles. The van der Waals surface area contributed by atoms with Crippen LogP contribution in [0.15, 0.2) is 6.20 Å². The molecule has 0 unspecified atom stereocenters. The lowest BCUT2D eigenvalue weighted by molar-refractivity contribution is 0.746. The Morgan fingerprint density at radius 1 is 1.53 bits per heavy atom. The highest BCUT2D eigenvalue weighted by Crippen LogP contribution is 2.24. The van der Waals surface area contributed by atoms with Crippen molar-refractivity contribution in [2.24, 2.45) is 7.05 Å². The van der Waals surface area contributed by atoms with Crippen molar-refractivity contribution in [3.8, 4) is 0 Å². The van der Waals surface area contributed by atoms with E-state index in [0.717, 1.165) is 29.5 Å². The van der Waals surface area contributed by atoms with Gasteiger partial charge in [-0.05, 0) is 6.42 Å². The molecular formula is C8H10ClN5S. The number of hydrogen-bond acceptors (Lipinski definition) is 5. The van der Waals surface area contributed by atoms with Gasteiger partial charge in [0.1, 0.15) is 0 Å². The molecule has 0 aliphatic rings. The average Bonchev–Trinajstić information content (AvgIpc) is 2.75. The highest BCUT2D eigenvalue weighted by molar-refractivity contribution is 6.99. The number of hydrogen-bond donors (Lipinski definition) is 1. The molecule has 0 saturated carbocycles. The van der Waals surface area contributed by atoms with E-state index in [1.165, 1.54) is 0 Å². The normalized spacial score (nSPS) is 10.6. The van der Waals surface area contributed by atoms with E-state index in [9.17, 15) is 0 Å². The van der Waals surface area contributed by atoms with Crippen LogP contribution in [0.4, 0.5) is 11.5 Å². The topological polar surface area (TPSA) is 55.6 Å². The van der Waals surface area contributed by atoms with Crippen LogP contribution < -0.4 is 5.32 Å². The third kappa shape index (κ3) is 2.10. The second-order valence-electron chi connectivity index (χ2n) is 3.05. The van der Waals surface area contributed by atoms with Crippen molar-refractivity contribution in [3.05, 3.63) is 17.0 Å². The SMILES string of the molecule is CCc1nn(C)cc1Nc1nsnc1Cl. The molecule has 2 aromatic rings. The summed E-state index contributed by atoms with van der Waals surface area (Å²) in [6.45, 7) is 2.05. The Kier molecular flexibility index (Phi) is 2.88. The van der Waals surface area contributed by atoms with E-state index in [4.69, 9.17) is 11.6 Å². The molecule has 0 aliphatic heterocycles. The number of nitrogens with one attached hydrogen (secondary N) is 1. The summed E-state index contributed by atoms with van der Waals surface area (Å²) in [5, 5.41) is 7.81. The van der Waals surface area contributed by atoms with E-state index in [0.29, 0.717) is 11.0 Å². The lowest BCUT2D eigenvalue weighted by Gasteiger charge is -2.00. The summed E-state index contributed by atoms with van der Waals surface area (Å²) in [7, 11) is 1.88. The maximum Gasteiger partial charge on any atom is 0.187 e. The van der Waals surface area contributed by atoms with Gasteiger partial charge in [-0.2, -0.15) is 13.8 Å². The van der Waals surface area contributed by atoms with E-state index in [1.54, 1.807) is 4.68 Å². The molecule has 0 amide bonds. The van der Waals surface area contributed by atoms with Crippen LogP contribution >= 0.6 is 23.3 Å². The highest BCUT2D eigenvalue weighted by Gasteiger charge is 2.10. The number of halogens is 1. The minimum atomic E-state index is 0.394. The molecule has 0 saturated heterocycles. The lowest BCUT2D eigenvalue weighted by atomic mass is 10.3. The fourth-order valence-electron chi connectivity index (χ4n) is 1.28. The molecule has 0 radical (unpaired) electrons. The Morgan fingerprint density at radius 2 is 2.33 bits per heavy atom. The molecule has 0 spiro atoms. The number of nitrogens with zero attached hydrogens (tertiary/aromatic N) is 4. The van der Waals surface area contributed by atoms with Crippen molar-refractivity contribution < 1.29 is 0 Å². The number of rotatable bonds is 3. The maximum atomic E-state index is 5.84. The molecule has 5 nitrogen and oxygen atoms in total. The van der Waals surface area contributed by atoms with Gasteiger partial charge in [0.25, 0.3) is 0 Å². The molecule has 2 rings (SSSR count). The maximum absolute atomic E-state index is 5.84. The summed E-state index contributed by atoms with van der Waals surface area (Å²) >= 11 is 6.92. The fourth-order valence-corrected chi connectivity index (χ4v) is 1.92. The third-order valence-corrected chi connectivity index (χ3v) is 2.83. The molecular weight excluding hydrogens is 234 g/mol. The van der Waals surface area contributed by atoms with Gasteiger partial charge in [-0.3, -0.25) is 4.68 Å².